The van der Waals surface area contributed by atoms with Gasteiger partial charge < -0.3 is 4.74 Å². The largest absolute Gasteiger partial charge is 0.461 e. The van der Waals surface area contributed by atoms with Crippen LogP contribution < -0.4 is 0 Å². The Bertz CT molecular complexity index is 446. The molecule has 0 aliphatic carbocycles. The van der Waals surface area contributed by atoms with Gasteiger partial charge in [0.2, 0.25) is 0 Å². The standard InChI is InChI=1S/C18H27NO2/c1-14-9-10-19(16(3)11-14)12-15(2)18(20)21-13-17-7-5-4-6-8-17/h4-8,14-16H,9-13H2,1-3H3. The number of ether oxygens (including phenoxy) is 1. The molecule has 1 saturated heterocycles. The van der Waals surface area contributed by atoms with Crippen LogP contribution in [-0.2, 0) is 16.1 Å². The molecule has 3 atom stereocenters. The molecule has 0 saturated carbocycles. The first-order valence-electron chi connectivity index (χ1n) is 8.01. The molecule has 0 amide bonds. The molecule has 0 radical (unpaired) electrons. The summed E-state index contributed by atoms with van der Waals surface area (Å²) in [6, 6.07) is 10.4. The van der Waals surface area contributed by atoms with Crippen LogP contribution in [-0.4, -0.2) is 30.0 Å². The summed E-state index contributed by atoms with van der Waals surface area (Å²) in [6.45, 7) is 8.82. The third-order valence-corrected chi connectivity index (χ3v) is 4.41. The summed E-state index contributed by atoms with van der Waals surface area (Å²) in [6.07, 6.45) is 2.46. The minimum Gasteiger partial charge on any atom is -0.461 e. The molecule has 2 rings (SSSR count). The molecule has 1 aromatic carbocycles. The van der Waals surface area contributed by atoms with Gasteiger partial charge in [0.15, 0.2) is 0 Å². The van der Waals surface area contributed by atoms with Crippen LogP contribution >= 0.6 is 0 Å². The van der Waals surface area contributed by atoms with Crippen molar-refractivity contribution >= 4 is 5.97 Å². The van der Waals surface area contributed by atoms with Crippen LogP contribution in [0.1, 0.15) is 39.2 Å². The van der Waals surface area contributed by atoms with Crippen LogP contribution in [0.25, 0.3) is 0 Å². The van der Waals surface area contributed by atoms with Crippen molar-refractivity contribution in [3.8, 4) is 0 Å². The van der Waals surface area contributed by atoms with Gasteiger partial charge in [-0.05, 0) is 37.8 Å². The summed E-state index contributed by atoms with van der Waals surface area (Å²) in [5.74, 6) is 0.644. The molecule has 3 unspecified atom stereocenters. The molecule has 21 heavy (non-hydrogen) atoms. The molecule has 3 nitrogen and oxygen atoms in total. The number of carbonyl (C=O) groups excluding carboxylic acids is 1. The van der Waals surface area contributed by atoms with Crippen LogP contribution in [0, 0.1) is 11.8 Å². The normalized spacial score (nSPS) is 24.5. The number of benzene rings is 1. The summed E-state index contributed by atoms with van der Waals surface area (Å²) in [5, 5.41) is 0. The topological polar surface area (TPSA) is 29.5 Å². The van der Waals surface area contributed by atoms with Crippen LogP contribution in [0.2, 0.25) is 0 Å². The van der Waals surface area contributed by atoms with E-state index in [9.17, 15) is 4.79 Å². The minimum absolute atomic E-state index is 0.0652. The van der Waals surface area contributed by atoms with Gasteiger partial charge in [-0.3, -0.25) is 9.69 Å². The van der Waals surface area contributed by atoms with E-state index in [-0.39, 0.29) is 11.9 Å². The van der Waals surface area contributed by atoms with Gasteiger partial charge in [-0.2, -0.15) is 0 Å². The maximum atomic E-state index is 12.1. The van der Waals surface area contributed by atoms with E-state index in [1.54, 1.807) is 0 Å². The lowest BCUT2D eigenvalue weighted by Gasteiger charge is -2.37. The zero-order valence-corrected chi connectivity index (χ0v) is 13.4. The number of piperidine rings is 1. The van der Waals surface area contributed by atoms with E-state index in [0.29, 0.717) is 12.6 Å². The Hall–Kier alpha value is -1.35. The van der Waals surface area contributed by atoms with E-state index < -0.39 is 0 Å². The summed E-state index contributed by atoms with van der Waals surface area (Å²) in [5.41, 5.74) is 1.04. The summed E-state index contributed by atoms with van der Waals surface area (Å²) >= 11 is 0. The monoisotopic (exact) mass is 289 g/mol. The number of esters is 1. The minimum atomic E-state index is -0.0929. The second-order valence-electron chi connectivity index (χ2n) is 6.47. The fraction of sp³-hybridized carbons (Fsp3) is 0.611. The molecular formula is C18H27NO2. The molecule has 1 aliphatic rings. The Balaban J connectivity index is 1.77. The second kappa shape index (κ2) is 7.60. The highest BCUT2D eigenvalue weighted by Crippen LogP contribution is 2.23. The van der Waals surface area contributed by atoms with E-state index in [4.69, 9.17) is 4.74 Å². The third kappa shape index (κ3) is 4.85. The molecule has 3 heteroatoms. The van der Waals surface area contributed by atoms with Crippen molar-refractivity contribution in [2.45, 2.75) is 46.3 Å². The van der Waals surface area contributed by atoms with Crippen molar-refractivity contribution in [2.75, 3.05) is 13.1 Å². The van der Waals surface area contributed by atoms with Gasteiger partial charge in [0.25, 0.3) is 0 Å². The molecule has 1 fully saturated rings. The molecule has 1 heterocycles. The van der Waals surface area contributed by atoms with Gasteiger partial charge in [-0.15, -0.1) is 0 Å². The molecule has 0 aromatic heterocycles. The fourth-order valence-electron chi connectivity index (χ4n) is 3.02. The molecule has 116 valence electrons. The smallest absolute Gasteiger partial charge is 0.310 e. The molecule has 0 N–H and O–H groups in total. The lowest BCUT2D eigenvalue weighted by molar-refractivity contribution is -0.150. The fourth-order valence-corrected chi connectivity index (χ4v) is 3.02. The van der Waals surface area contributed by atoms with Crippen molar-refractivity contribution < 1.29 is 9.53 Å². The molecular weight excluding hydrogens is 262 g/mol. The third-order valence-electron chi connectivity index (χ3n) is 4.41. The van der Waals surface area contributed by atoms with Gasteiger partial charge in [0, 0.05) is 12.6 Å². The molecule has 1 aromatic rings. The first kappa shape index (κ1) is 16.0. The quantitative estimate of drug-likeness (QED) is 0.777. The van der Waals surface area contributed by atoms with Crippen LogP contribution in [0.15, 0.2) is 30.3 Å². The first-order valence-corrected chi connectivity index (χ1v) is 8.01. The van der Waals surface area contributed by atoms with Gasteiger partial charge >= 0.3 is 5.97 Å². The lowest BCUT2D eigenvalue weighted by Crippen LogP contribution is -2.43. The van der Waals surface area contributed by atoms with Crippen molar-refractivity contribution in [3.63, 3.8) is 0 Å². The maximum Gasteiger partial charge on any atom is 0.310 e. The SMILES string of the molecule is CC1CCN(CC(C)C(=O)OCc2ccccc2)C(C)C1. The highest BCUT2D eigenvalue weighted by atomic mass is 16.5. The summed E-state index contributed by atoms with van der Waals surface area (Å²) < 4.78 is 5.42. The zero-order valence-electron chi connectivity index (χ0n) is 13.4. The van der Waals surface area contributed by atoms with Gasteiger partial charge in [0.1, 0.15) is 6.61 Å². The number of hydrogen-bond acceptors (Lipinski definition) is 3. The predicted molar refractivity (Wildman–Crippen MR) is 84.8 cm³/mol. The van der Waals surface area contributed by atoms with Gasteiger partial charge in [-0.25, -0.2) is 0 Å². The lowest BCUT2D eigenvalue weighted by atomic mass is 9.92. The molecule has 0 spiro atoms. The Morgan fingerprint density at radius 3 is 2.71 bits per heavy atom. The average Bonchev–Trinajstić information content (AvgIpc) is 2.48. The highest BCUT2D eigenvalue weighted by molar-refractivity contribution is 5.72. The van der Waals surface area contributed by atoms with E-state index in [2.05, 4.69) is 18.7 Å². The highest BCUT2D eigenvalue weighted by Gasteiger charge is 2.26. The molecule has 1 aliphatic heterocycles. The second-order valence-corrected chi connectivity index (χ2v) is 6.47. The number of nitrogens with zero attached hydrogens (tertiary/aromatic N) is 1. The summed E-state index contributed by atoms with van der Waals surface area (Å²) in [7, 11) is 0. The Kier molecular flexibility index (Phi) is 5.80. The van der Waals surface area contributed by atoms with Gasteiger partial charge in [0.05, 0.1) is 5.92 Å². The summed E-state index contributed by atoms with van der Waals surface area (Å²) in [4.78, 5) is 14.5. The van der Waals surface area contributed by atoms with Crippen molar-refractivity contribution in [3.05, 3.63) is 35.9 Å². The maximum absolute atomic E-state index is 12.1. The van der Waals surface area contributed by atoms with E-state index >= 15 is 0 Å². The van der Waals surface area contributed by atoms with Crippen molar-refractivity contribution in [1.82, 2.24) is 4.90 Å². The molecule has 0 bridgehead atoms. The van der Waals surface area contributed by atoms with E-state index in [1.165, 1.54) is 12.8 Å². The predicted octanol–water partition coefficient (Wildman–Crippen LogP) is 3.49. The Morgan fingerprint density at radius 2 is 2.05 bits per heavy atom. The van der Waals surface area contributed by atoms with Crippen LogP contribution in [0.3, 0.4) is 0 Å². The Labute approximate surface area is 128 Å². The Morgan fingerprint density at radius 1 is 1.33 bits per heavy atom. The average molecular weight is 289 g/mol. The number of hydrogen-bond donors (Lipinski definition) is 0. The van der Waals surface area contributed by atoms with Crippen LogP contribution in [0.4, 0.5) is 0 Å². The van der Waals surface area contributed by atoms with Gasteiger partial charge in [-0.1, -0.05) is 44.2 Å². The number of rotatable bonds is 5. The number of carbonyl (C=O) groups is 1. The van der Waals surface area contributed by atoms with Crippen molar-refractivity contribution in [1.29, 1.82) is 0 Å². The van der Waals surface area contributed by atoms with Crippen LogP contribution in [0.5, 0.6) is 0 Å². The van der Waals surface area contributed by atoms with Crippen molar-refractivity contribution in [2.24, 2.45) is 11.8 Å². The van der Waals surface area contributed by atoms with E-state index in [0.717, 1.165) is 24.6 Å². The first-order chi connectivity index (χ1) is 10.1. The number of likely N-dealkylation sites (tertiary alicyclic amines) is 1. The van der Waals surface area contributed by atoms with E-state index in [1.807, 2.05) is 37.3 Å². The zero-order chi connectivity index (χ0) is 15.2.